The molecule has 4 nitrogen and oxygen atoms in total. The number of nitrogens with one attached hydrogen (secondary N) is 1. The van der Waals surface area contributed by atoms with Gasteiger partial charge in [-0.3, -0.25) is 9.59 Å². The van der Waals surface area contributed by atoms with E-state index >= 15 is 0 Å². The van der Waals surface area contributed by atoms with Crippen molar-refractivity contribution in [3.8, 4) is 0 Å². The Morgan fingerprint density at radius 1 is 0.868 bits per heavy atom. The molecule has 0 aromatic heterocycles. The van der Waals surface area contributed by atoms with Gasteiger partial charge in [-0.15, -0.1) is 0 Å². The maximum absolute atomic E-state index is 13.8. The van der Waals surface area contributed by atoms with E-state index in [1.807, 2.05) is 54.6 Å². The highest BCUT2D eigenvalue weighted by Gasteiger charge is 2.30. The van der Waals surface area contributed by atoms with Crippen LogP contribution in [0, 0.1) is 0 Å². The first-order chi connectivity index (χ1) is 18.2. The normalized spacial score (nSPS) is 12.1. The Morgan fingerprint density at radius 2 is 1.50 bits per heavy atom. The van der Waals surface area contributed by atoms with Gasteiger partial charge in [0.05, 0.1) is 0 Å². The SMILES string of the molecule is CCCCNC(=O)[C@H](Cc1ccccc1)N(Cc1ccc(Br)cc1)C(=O)CCc1ccc(C(C)(C)C)cc1. The standard InChI is InChI=1S/C33H41BrN2O2/c1-5-6-22-35-32(38)30(23-26-10-8-7-9-11-26)36(24-27-14-19-29(34)20-15-27)31(37)21-16-25-12-17-28(18-13-25)33(2,3)4/h7-15,17-20,30H,5-6,16,21-24H2,1-4H3,(H,35,38)/t30-/m0/s1. The molecule has 3 rings (SSSR count). The number of benzene rings is 3. The highest BCUT2D eigenvalue weighted by Crippen LogP contribution is 2.23. The molecule has 0 radical (unpaired) electrons. The first-order valence-corrected chi connectivity index (χ1v) is 14.4. The summed E-state index contributed by atoms with van der Waals surface area (Å²) in [6, 6.07) is 25.9. The molecule has 0 unspecified atom stereocenters. The van der Waals surface area contributed by atoms with Crippen LogP contribution in [0.3, 0.4) is 0 Å². The van der Waals surface area contributed by atoms with Gasteiger partial charge in [-0.25, -0.2) is 0 Å². The predicted molar refractivity (Wildman–Crippen MR) is 160 cm³/mol. The summed E-state index contributed by atoms with van der Waals surface area (Å²) in [5.41, 5.74) is 4.52. The number of hydrogen-bond donors (Lipinski definition) is 1. The van der Waals surface area contributed by atoms with E-state index in [-0.39, 0.29) is 17.2 Å². The molecule has 1 atom stereocenters. The molecule has 3 aromatic carbocycles. The minimum absolute atomic E-state index is 0.0145. The molecule has 0 saturated carbocycles. The molecule has 202 valence electrons. The van der Waals surface area contributed by atoms with Crippen molar-refractivity contribution in [2.75, 3.05) is 6.54 Å². The largest absolute Gasteiger partial charge is 0.354 e. The lowest BCUT2D eigenvalue weighted by Crippen LogP contribution is -2.50. The van der Waals surface area contributed by atoms with Gasteiger partial charge in [0.2, 0.25) is 11.8 Å². The fourth-order valence-corrected chi connectivity index (χ4v) is 4.68. The zero-order valence-corrected chi connectivity index (χ0v) is 24.8. The van der Waals surface area contributed by atoms with Crippen LogP contribution in [0.2, 0.25) is 0 Å². The second-order valence-electron chi connectivity index (χ2n) is 10.9. The van der Waals surface area contributed by atoms with Crippen LogP contribution in [0.5, 0.6) is 0 Å². The summed E-state index contributed by atoms with van der Waals surface area (Å²) in [4.78, 5) is 29.1. The van der Waals surface area contributed by atoms with Gasteiger partial charge < -0.3 is 10.2 Å². The summed E-state index contributed by atoms with van der Waals surface area (Å²) in [5, 5.41) is 3.09. The van der Waals surface area contributed by atoms with E-state index in [0.717, 1.165) is 34.0 Å². The highest BCUT2D eigenvalue weighted by atomic mass is 79.9. The van der Waals surface area contributed by atoms with Gasteiger partial charge in [-0.1, -0.05) is 117 Å². The second-order valence-corrected chi connectivity index (χ2v) is 11.9. The third-order valence-electron chi connectivity index (χ3n) is 6.81. The van der Waals surface area contributed by atoms with Crippen LogP contribution in [0.25, 0.3) is 0 Å². The molecule has 0 saturated heterocycles. The predicted octanol–water partition coefficient (Wildman–Crippen LogP) is 7.24. The summed E-state index contributed by atoms with van der Waals surface area (Å²) in [6.07, 6.45) is 3.37. The third kappa shape index (κ3) is 9.13. The number of rotatable bonds is 12. The Bertz CT molecular complexity index is 1150. The average Bonchev–Trinajstić information content (AvgIpc) is 2.90. The second kappa shape index (κ2) is 14.3. The van der Waals surface area contributed by atoms with Crippen molar-refractivity contribution in [2.45, 2.75) is 77.8 Å². The molecule has 3 aromatic rings. The average molecular weight is 578 g/mol. The summed E-state index contributed by atoms with van der Waals surface area (Å²) >= 11 is 3.50. The molecule has 0 aliphatic carbocycles. The number of carbonyl (C=O) groups is 2. The van der Waals surface area contributed by atoms with Gasteiger partial charge >= 0.3 is 0 Å². The zero-order chi connectivity index (χ0) is 27.5. The van der Waals surface area contributed by atoms with E-state index in [4.69, 9.17) is 0 Å². The molecular weight excluding hydrogens is 536 g/mol. The number of aryl methyl sites for hydroxylation is 1. The van der Waals surface area contributed by atoms with Crippen LogP contribution < -0.4 is 5.32 Å². The minimum Gasteiger partial charge on any atom is -0.354 e. The van der Waals surface area contributed by atoms with Gasteiger partial charge in [-0.2, -0.15) is 0 Å². The maximum Gasteiger partial charge on any atom is 0.243 e. The van der Waals surface area contributed by atoms with Crippen molar-refractivity contribution in [2.24, 2.45) is 0 Å². The van der Waals surface area contributed by atoms with E-state index < -0.39 is 6.04 Å². The zero-order valence-electron chi connectivity index (χ0n) is 23.2. The molecule has 0 spiro atoms. The van der Waals surface area contributed by atoms with E-state index in [0.29, 0.717) is 32.4 Å². The first-order valence-electron chi connectivity index (χ1n) is 13.6. The Labute approximate surface area is 237 Å². The summed E-state index contributed by atoms with van der Waals surface area (Å²) < 4.78 is 0.982. The summed E-state index contributed by atoms with van der Waals surface area (Å²) in [6.45, 7) is 9.69. The van der Waals surface area contributed by atoms with Crippen LogP contribution in [0.15, 0.2) is 83.3 Å². The van der Waals surface area contributed by atoms with Gasteiger partial charge in [-0.05, 0) is 52.6 Å². The minimum atomic E-state index is -0.589. The lowest BCUT2D eigenvalue weighted by molar-refractivity contribution is -0.141. The molecule has 38 heavy (non-hydrogen) atoms. The van der Waals surface area contributed by atoms with E-state index in [1.165, 1.54) is 5.56 Å². The number of hydrogen-bond acceptors (Lipinski definition) is 2. The summed E-state index contributed by atoms with van der Waals surface area (Å²) in [7, 11) is 0. The Morgan fingerprint density at radius 3 is 2.11 bits per heavy atom. The number of unbranched alkanes of at least 4 members (excludes halogenated alkanes) is 1. The third-order valence-corrected chi connectivity index (χ3v) is 7.34. The number of carbonyl (C=O) groups excluding carboxylic acids is 2. The van der Waals surface area contributed by atoms with Crippen molar-refractivity contribution in [3.05, 3.63) is 106 Å². The smallest absolute Gasteiger partial charge is 0.243 e. The molecule has 0 aliphatic heterocycles. The maximum atomic E-state index is 13.8. The quantitative estimate of drug-likeness (QED) is 0.231. The van der Waals surface area contributed by atoms with Crippen molar-refractivity contribution in [1.82, 2.24) is 10.2 Å². The fraction of sp³-hybridized carbons (Fsp3) is 0.394. The van der Waals surface area contributed by atoms with E-state index in [1.54, 1.807) is 4.90 Å². The van der Waals surface area contributed by atoms with Gasteiger partial charge in [0.25, 0.3) is 0 Å². The lowest BCUT2D eigenvalue weighted by atomic mass is 9.86. The van der Waals surface area contributed by atoms with E-state index in [9.17, 15) is 9.59 Å². The Hall–Kier alpha value is -2.92. The molecular formula is C33H41BrN2O2. The van der Waals surface area contributed by atoms with Crippen LogP contribution in [0.1, 0.15) is 69.2 Å². The molecule has 0 fully saturated rings. The monoisotopic (exact) mass is 576 g/mol. The van der Waals surface area contributed by atoms with Crippen LogP contribution in [0.4, 0.5) is 0 Å². The first kappa shape index (κ1) is 29.6. The number of halogens is 1. The highest BCUT2D eigenvalue weighted by molar-refractivity contribution is 9.10. The Kier molecular flexibility index (Phi) is 11.1. The van der Waals surface area contributed by atoms with Gasteiger partial charge in [0, 0.05) is 30.4 Å². The molecule has 2 amide bonds. The molecule has 0 bridgehead atoms. The van der Waals surface area contributed by atoms with Crippen molar-refractivity contribution >= 4 is 27.7 Å². The number of nitrogens with zero attached hydrogens (tertiary/aromatic N) is 1. The fourth-order valence-electron chi connectivity index (χ4n) is 4.41. The molecule has 5 heteroatoms. The lowest BCUT2D eigenvalue weighted by Gasteiger charge is -2.32. The van der Waals surface area contributed by atoms with Crippen LogP contribution in [-0.4, -0.2) is 29.3 Å². The Balaban J connectivity index is 1.85. The van der Waals surface area contributed by atoms with Crippen molar-refractivity contribution < 1.29 is 9.59 Å². The van der Waals surface area contributed by atoms with Crippen LogP contribution >= 0.6 is 15.9 Å². The number of amides is 2. The van der Waals surface area contributed by atoms with E-state index in [2.05, 4.69) is 73.2 Å². The molecule has 1 N–H and O–H groups in total. The van der Waals surface area contributed by atoms with Crippen molar-refractivity contribution in [3.63, 3.8) is 0 Å². The molecule has 0 aliphatic rings. The van der Waals surface area contributed by atoms with Gasteiger partial charge in [0.15, 0.2) is 0 Å². The topological polar surface area (TPSA) is 49.4 Å². The van der Waals surface area contributed by atoms with Gasteiger partial charge in [0.1, 0.15) is 6.04 Å². The van der Waals surface area contributed by atoms with Crippen molar-refractivity contribution in [1.29, 1.82) is 0 Å². The summed E-state index contributed by atoms with van der Waals surface area (Å²) in [5.74, 6) is -0.110. The van der Waals surface area contributed by atoms with Crippen LogP contribution in [-0.2, 0) is 34.4 Å². The molecule has 0 heterocycles.